The van der Waals surface area contributed by atoms with Crippen molar-refractivity contribution in [2.75, 3.05) is 33.3 Å². The summed E-state index contributed by atoms with van der Waals surface area (Å²) in [6.45, 7) is 3.60. The van der Waals surface area contributed by atoms with Crippen LogP contribution in [0.25, 0.3) is 0 Å². The van der Waals surface area contributed by atoms with E-state index in [1.165, 1.54) is 25.0 Å². The van der Waals surface area contributed by atoms with Crippen molar-refractivity contribution in [2.45, 2.75) is 31.4 Å². The summed E-state index contributed by atoms with van der Waals surface area (Å²) < 4.78 is 5.48. The molecule has 2 fully saturated rings. The van der Waals surface area contributed by atoms with Gasteiger partial charge in [0.2, 0.25) is 0 Å². The number of hydrogen-bond donors (Lipinski definition) is 1. The number of likely N-dealkylation sites (tertiary alicyclic amines) is 2. The molecule has 2 aliphatic heterocycles. The Labute approximate surface area is 142 Å². The van der Waals surface area contributed by atoms with E-state index in [0.29, 0.717) is 12.1 Å². The maximum atomic E-state index is 12.9. The summed E-state index contributed by atoms with van der Waals surface area (Å²) in [6, 6.07) is 6.38. The molecule has 24 heavy (non-hydrogen) atoms. The van der Waals surface area contributed by atoms with E-state index in [2.05, 4.69) is 4.90 Å². The molecule has 2 aliphatic rings. The van der Waals surface area contributed by atoms with E-state index in [0.717, 1.165) is 26.1 Å². The number of carbonyl (C=O) groups is 2. The third-order valence-corrected chi connectivity index (χ3v) is 4.99. The van der Waals surface area contributed by atoms with Crippen LogP contribution in [0.4, 0.5) is 0 Å². The second-order valence-corrected chi connectivity index (χ2v) is 6.60. The van der Waals surface area contributed by atoms with Crippen molar-refractivity contribution in [1.29, 1.82) is 0 Å². The number of benzene rings is 1. The fourth-order valence-corrected chi connectivity index (χ4v) is 3.68. The molecular weight excluding hydrogens is 308 g/mol. The molecule has 0 aromatic heterocycles. The van der Waals surface area contributed by atoms with Gasteiger partial charge in [-0.25, -0.2) is 4.79 Å². The zero-order valence-electron chi connectivity index (χ0n) is 14.0. The maximum Gasteiger partial charge on any atom is 0.335 e. The largest absolute Gasteiger partial charge is 0.478 e. The number of amides is 1. The van der Waals surface area contributed by atoms with Crippen molar-refractivity contribution in [3.8, 4) is 0 Å². The predicted octanol–water partition coefficient (Wildman–Crippen LogP) is 1.71. The molecule has 1 amide bonds. The summed E-state index contributed by atoms with van der Waals surface area (Å²) in [4.78, 5) is 28.3. The monoisotopic (exact) mass is 332 g/mol. The second kappa shape index (κ2) is 7.32. The molecule has 0 bridgehead atoms. The molecule has 0 spiro atoms. The van der Waals surface area contributed by atoms with Crippen LogP contribution >= 0.6 is 0 Å². The minimum absolute atomic E-state index is 0.0456. The van der Waals surface area contributed by atoms with Gasteiger partial charge < -0.3 is 19.6 Å². The van der Waals surface area contributed by atoms with Crippen LogP contribution in [0.3, 0.4) is 0 Å². The Morgan fingerprint density at radius 1 is 1.25 bits per heavy atom. The molecule has 0 radical (unpaired) electrons. The predicted molar refractivity (Wildman–Crippen MR) is 89.3 cm³/mol. The van der Waals surface area contributed by atoms with Gasteiger partial charge in [-0.3, -0.25) is 4.79 Å². The minimum atomic E-state index is -1.02. The molecule has 130 valence electrons. The third kappa shape index (κ3) is 3.60. The first-order chi connectivity index (χ1) is 11.6. The molecule has 1 aromatic carbocycles. The number of rotatable bonds is 5. The van der Waals surface area contributed by atoms with Crippen LogP contribution < -0.4 is 0 Å². The van der Waals surface area contributed by atoms with Gasteiger partial charge in [-0.05, 0) is 50.6 Å². The number of methoxy groups -OCH3 is 1. The Kier molecular flexibility index (Phi) is 5.16. The smallest absolute Gasteiger partial charge is 0.335 e. The number of aromatic carboxylic acids is 1. The van der Waals surface area contributed by atoms with Crippen LogP contribution in [-0.4, -0.2) is 72.2 Å². The molecule has 2 heterocycles. The number of nitrogens with zero attached hydrogens (tertiary/aromatic N) is 2. The lowest BCUT2D eigenvalue weighted by Crippen LogP contribution is -2.42. The molecule has 0 aliphatic carbocycles. The lowest BCUT2D eigenvalue weighted by Gasteiger charge is -2.28. The van der Waals surface area contributed by atoms with E-state index in [-0.39, 0.29) is 23.6 Å². The van der Waals surface area contributed by atoms with Crippen molar-refractivity contribution in [1.82, 2.24) is 9.80 Å². The Balaban J connectivity index is 1.77. The molecule has 0 unspecified atom stereocenters. The topological polar surface area (TPSA) is 70.1 Å². The molecule has 1 aromatic rings. The molecule has 6 heteroatoms. The number of carbonyl (C=O) groups excluding carboxylic acids is 1. The zero-order valence-corrected chi connectivity index (χ0v) is 14.0. The van der Waals surface area contributed by atoms with E-state index in [4.69, 9.17) is 9.84 Å². The van der Waals surface area contributed by atoms with Crippen molar-refractivity contribution in [3.63, 3.8) is 0 Å². The Morgan fingerprint density at radius 2 is 1.96 bits per heavy atom. The molecule has 2 saturated heterocycles. The molecule has 2 atom stereocenters. The highest BCUT2D eigenvalue weighted by Crippen LogP contribution is 2.24. The Hall–Kier alpha value is -1.92. The van der Waals surface area contributed by atoms with Gasteiger partial charge in [-0.1, -0.05) is 6.07 Å². The van der Waals surface area contributed by atoms with Gasteiger partial charge in [-0.15, -0.1) is 0 Å². The summed E-state index contributed by atoms with van der Waals surface area (Å²) in [6.07, 6.45) is 3.31. The SMILES string of the molecule is CO[C@@H]1C[C@H](CN2CCCC2)N(C(=O)c2cccc(C(=O)O)c2)C1. The Bertz CT molecular complexity index is 613. The van der Waals surface area contributed by atoms with Crippen molar-refractivity contribution >= 4 is 11.9 Å². The van der Waals surface area contributed by atoms with Gasteiger partial charge in [0, 0.05) is 31.8 Å². The first-order valence-corrected chi connectivity index (χ1v) is 8.48. The molecule has 0 saturated carbocycles. The lowest BCUT2D eigenvalue weighted by molar-refractivity contribution is 0.0670. The Morgan fingerprint density at radius 3 is 2.62 bits per heavy atom. The highest BCUT2D eigenvalue weighted by molar-refractivity contribution is 5.97. The van der Waals surface area contributed by atoms with E-state index in [1.807, 2.05) is 4.90 Å². The summed E-state index contributed by atoms with van der Waals surface area (Å²) in [5, 5.41) is 9.13. The van der Waals surface area contributed by atoms with Gasteiger partial charge in [0.15, 0.2) is 0 Å². The highest BCUT2D eigenvalue weighted by atomic mass is 16.5. The first kappa shape index (κ1) is 16.9. The highest BCUT2D eigenvalue weighted by Gasteiger charge is 2.37. The van der Waals surface area contributed by atoms with Gasteiger partial charge in [0.05, 0.1) is 11.7 Å². The standard InChI is InChI=1S/C18H24N2O4/c1-24-16-10-15(11-19-7-2-3-8-19)20(12-16)17(21)13-5-4-6-14(9-13)18(22)23/h4-6,9,15-16H,2-3,7-8,10-12H2,1H3,(H,22,23)/t15-,16-/m1/s1. The van der Waals surface area contributed by atoms with E-state index < -0.39 is 5.97 Å². The van der Waals surface area contributed by atoms with E-state index in [9.17, 15) is 9.59 Å². The fourth-order valence-electron chi connectivity index (χ4n) is 3.68. The number of hydrogen-bond acceptors (Lipinski definition) is 4. The van der Waals surface area contributed by atoms with Crippen LogP contribution in [-0.2, 0) is 4.74 Å². The van der Waals surface area contributed by atoms with E-state index >= 15 is 0 Å². The summed E-state index contributed by atoms with van der Waals surface area (Å²) >= 11 is 0. The number of carboxylic acid groups (broad SMARTS) is 1. The van der Waals surface area contributed by atoms with Crippen LogP contribution in [0.2, 0.25) is 0 Å². The van der Waals surface area contributed by atoms with Gasteiger partial charge in [0.25, 0.3) is 5.91 Å². The van der Waals surface area contributed by atoms with Gasteiger partial charge >= 0.3 is 5.97 Å². The van der Waals surface area contributed by atoms with Crippen LogP contribution in [0.5, 0.6) is 0 Å². The fraction of sp³-hybridized carbons (Fsp3) is 0.556. The molecule has 1 N–H and O–H groups in total. The van der Waals surface area contributed by atoms with E-state index in [1.54, 1.807) is 19.2 Å². The maximum absolute atomic E-state index is 12.9. The average Bonchev–Trinajstić information content (AvgIpc) is 3.24. The average molecular weight is 332 g/mol. The first-order valence-electron chi connectivity index (χ1n) is 8.48. The second-order valence-electron chi connectivity index (χ2n) is 6.60. The number of ether oxygens (including phenoxy) is 1. The summed E-state index contributed by atoms with van der Waals surface area (Å²) in [5.41, 5.74) is 0.567. The summed E-state index contributed by atoms with van der Waals surface area (Å²) in [5.74, 6) is -1.13. The summed E-state index contributed by atoms with van der Waals surface area (Å²) in [7, 11) is 1.68. The number of carboxylic acids is 1. The van der Waals surface area contributed by atoms with Crippen molar-refractivity contribution in [3.05, 3.63) is 35.4 Å². The van der Waals surface area contributed by atoms with Gasteiger partial charge in [-0.2, -0.15) is 0 Å². The van der Waals surface area contributed by atoms with Crippen molar-refractivity contribution in [2.24, 2.45) is 0 Å². The normalized spacial score (nSPS) is 24.5. The van der Waals surface area contributed by atoms with Gasteiger partial charge in [0.1, 0.15) is 0 Å². The third-order valence-electron chi connectivity index (χ3n) is 4.99. The van der Waals surface area contributed by atoms with Crippen molar-refractivity contribution < 1.29 is 19.4 Å². The molecular formula is C18H24N2O4. The van der Waals surface area contributed by atoms with Crippen LogP contribution in [0, 0.1) is 0 Å². The molecule has 6 nitrogen and oxygen atoms in total. The quantitative estimate of drug-likeness (QED) is 0.889. The lowest BCUT2D eigenvalue weighted by atomic mass is 10.1. The molecule has 3 rings (SSSR count). The van der Waals surface area contributed by atoms with Crippen LogP contribution in [0.1, 0.15) is 40.0 Å². The minimum Gasteiger partial charge on any atom is -0.478 e. The van der Waals surface area contributed by atoms with Crippen LogP contribution in [0.15, 0.2) is 24.3 Å². The zero-order chi connectivity index (χ0) is 17.1.